The maximum Gasteiger partial charge on any atom is 0.319 e. The number of nitrogens with zero attached hydrogens (tertiary/aromatic N) is 1. The molecule has 2 N–H and O–H groups in total. The molecule has 0 bridgehead atoms. The molecule has 0 spiro atoms. The van der Waals surface area contributed by atoms with Gasteiger partial charge >= 0.3 is 6.03 Å². The molecular weight excluding hydrogens is 273 g/mol. The number of para-hydroxylation sites is 1. The Kier molecular flexibility index (Phi) is 4.77. The lowest BCUT2D eigenvalue weighted by atomic mass is 10.2. The van der Waals surface area contributed by atoms with Gasteiger partial charge < -0.3 is 15.5 Å². The van der Waals surface area contributed by atoms with Crippen LogP contribution < -0.4 is 10.6 Å². The minimum atomic E-state index is -0.496. The van der Waals surface area contributed by atoms with Crippen LogP contribution >= 0.6 is 0 Å². The van der Waals surface area contributed by atoms with E-state index in [-0.39, 0.29) is 24.1 Å². The number of likely N-dealkylation sites (tertiary alicyclic amines) is 1. The van der Waals surface area contributed by atoms with Gasteiger partial charge in [0.15, 0.2) is 0 Å². The van der Waals surface area contributed by atoms with E-state index in [1.807, 2.05) is 13.8 Å². The zero-order chi connectivity index (χ0) is 15.4. The van der Waals surface area contributed by atoms with Crippen molar-refractivity contribution in [3.05, 3.63) is 30.1 Å². The summed E-state index contributed by atoms with van der Waals surface area (Å²) in [5.74, 6) is -0.0589. The van der Waals surface area contributed by atoms with E-state index in [0.717, 1.165) is 0 Å². The van der Waals surface area contributed by atoms with E-state index in [1.165, 1.54) is 12.1 Å². The van der Waals surface area contributed by atoms with Crippen LogP contribution in [0.15, 0.2) is 24.3 Å². The van der Waals surface area contributed by atoms with E-state index in [1.54, 1.807) is 17.0 Å². The number of anilines is 1. The summed E-state index contributed by atoms with van der Waals surface area (Å²) in [6.07, 6.45) is 0.289. The first-order valence-electron chi connectivity index (χ1n) is 7.05. The van der Waals surface area contributed by atoms with Crippen LogP contribution in [0.1, 0.15) is 20.3 Å². The molecule has 1 atom stereocenters. The summed E-state index contributed by atoms with van der Waals surface area (Å²) < 4.78 is 13.4. The second kappa shape index (κ2) is 6.56. The molecule has 1 aliphatic rings. The van der Waals surface area contributed by atoms with Crippen LogP contribution in [0, 0.1) is 11.7 Å². The van der Waals surface area contributed by atoms with Gasteiger partial charge in [0.05, 0.1) is 11.7 Å². The maximum absolute atomic E-state index is 13.4. The zero-order valence-electron chi connectivity index (χ0n) is 12.2. The summed E-state index contributed by atoms with van der Waals surface area (Å²) in [4.78, 5) is 25.4. The zero-order valence-corrected chi connectivity index (χ0v) is 12.2. The van der Waals surface area contributed by atoms with Crippen molar-refractivity contribution in [3.8, 4) is 0 Å². The van der Waals surface area contributed by atoms with Crippen molar-refractivity contribution in [1.82, 2.24) is 10.2 Å². The van der Waals surface area contributed by atoms with E-state index in [9.17, 15) is 14.0 Å². The van der Waals surface area contributed by atoms with Crippen molar-refractivity contribution in [2.75, 3.05) is 18.4 Å². The van der Waals surface area contributed by atoms with E-state index >= 15 is 0 Å². The molecule has 1 heterocycles. The van der Waals surface area contributed by atoms with Crippen LogP contribution in [-0.4, -0.2) is 36.0 Å². The number of carbonyl (C=O) groups excluding carboxylic acids is 2. The highest BCUT2D eigenvalue weighted by Crippen LogP contribution is 2.15. The third-order valence-corrected chi connectivity index (χ3v) is 3.26. The van der Waals surface area contributed by atoms with Gasteiger partial charge in [0.1, 0.15) is 5.82 Å². The Balaban J connectivity index is 1.87. The summed E-state index contributed by atoms with van der Waals surface area (Å²) in [6, 6.07) is 5.23. The smallest absolute Gasteiger partial charge is 0.319 e. The first kappa shape index (κ1) is 15.3. The molecule has 114 valence electrons. The topological polar surface area (TPSA) is 61.4 Å². The van der Waals surface area contributed by atoms with E-state index in [2.05, 4.69) is 10.6 Å². The third-order valence-electron chi connectivity index (χ3n) is 3.26. The molecule has 1 fully saturated rings. The fourth-order valence-corrected chi connectivity index (χ4v) is 2.39. The van der Waals surface area contributed by atoms with Gasteiger partial charge in [-0.05, 0) is 18.1 Å². The fraction of sp³-hybridized carbons (Fsp3) is 0.467. The molecule has 0 saturated carbocycles. The number of hydrogen-bond acceptors (Lipinski definition) is 2. The Morgan fingerprint density at radius 1 is 1.43 bits per heavy atom. The monoisotopic (exact) mass is 293 g/mol. The van der Waals surface area contributed by atoms with Gasteiger partial charge in [0.25, 0.3) is 0 Å². The average Bonchev–Trinajstić information content (AvgIpc) is 2.71. The summed E-state index contributed by atoms with van der Waals surface area (Å²) in [5.41, 5.74) is 0.123. The van der Waals surface area contributed by atoms with Crippen LogP contribution in [0.3, 0.4) is 0 Å². The highest BCUT2D eigenvalue weighted by Gasteiger charge is 2.30. The molecule has 0 aliphatic carbocycles. The SMILES string of the molecule is CC(C)CN1CC(NC(=O)Nc2ccccc2F)CC1=O. The Labute approximate surface area is 123 Å². The summed E-state index contributed by atoms with van der Waals surface area (Å²) in [6.45, 7) is 5.27. The second-order valence-corrected chi connectivity index (χ2v) is 5.67. The van der Waals surface area contributed by atoms with Crippen molar-refractivity contribution in [3.63, 3.8) is 0 Å². The van der Waals surface area contributed by atoms with Crippen LogP contribution in [0.4, 0.5) is 14.9 Å². The second-order valence-electron chi connectivity index (χ2n) is 5.67. The standard InChI is InChI=1S/C15H20FN3O2/c1-10(2)8-19-9-11(7-14(19)20)17-15(21)18-13-6-4-3-5-12(13)16/h3-6,10-11H,7-9H2,1-2H3,(H2,17,18,21). The summed E-state index contributed by atoms with van der Waals surface area (Å²) >= 11 is 0. The third kappa shape index (κ3) is 4.18. The number of benzene rings is 1. The molecule has 1 aromatic rings. The minimum Gasteiger partial charge on any atom is -0.340 e. The molecule has 5 nitrogen and oxygen atoms in total. The molecule has 1 unspecified atom stereocenters. The molecule has 1 aliphatic heterocycles. The predicted molar refractivity (Wildman–Crippen MR) is 78.4 cm³/mol. The first-order chi connectivity index (χ1) is 9.95. The molecule has 1 saturated heterocycles. The van der Waals surface area contributed by atoms with Crippen LogP contribution in [-0.2, 0) is 4.79 Å². The minimum absolute atomic E-state index is 0.0416. The van der Waals surface area contributed by atoms with E-state index in [4.69, 9.17) is 0 Å². The largest absolute Gasteiger partial charge is 0.340 e. The lowest BCUT2D eigenvalue weighted by Gasteiger charge is -2.19. The molecule has 1 aromatic carbocycles. The highest BCUT2D eigenvalue weighted by molar-refractivity contribution is 5.90. The van der Waals surface area contributed by atoms with Gasteiger partial charge in [0, 0.05) is 19.5 Å². The Morgan fingerprint density at radius 2 is 2.14 bits per heavy atom. The van der Waals surface area contributed by atoms with Gasteiger partial charge in [-0.25, -0.2) is 9.18 Å². The lowest BCUT2D eigenvalue weighted by Crippen LogP contribution is -2.40. The summed E-state index contributed by atoms with van der Waals surface area (Å²) in [5, 5.41) is 5.16. The van der Waals surface area contributed by atoms with Gasteiger partial charge in [-0.2, -0.15) is 0 Å². The molecule has 3 amide bonds. The molecule has 6 heteroatoms. The van der Waals surface area contributed by atoms with Crippen LogP contribution in [0.2, 0.25) is 0 Å². The Hall–Kier alpha value is -2.11. The molecule has 0 radical (unpaired) electrons. The number of halogens is 1. The van der Waals surface area contributed by atoms with Gasteiger partial charge in [-0.1, -0.05) is 26.0 Å². The molecule has 2 rings (SSSR count). The maximum atomic E-state index is 13.4. The number of nitrogens with one attached hydrogen (secondary N) is 2. The lowest BCUT2D eigenvalue weighted by molar-refractivity contribution is -0.128. The highest BCUT2D eigenvalue weighted by atomic mass is 19.1. The van der Waals surface area contributed by atoms with E-state index < -0.39 is 11.8 Å². The van der Waals surface area contributed by atoms with Crippen molar-refractivity contribution in [1.29, 1.82) is 0 Å². The first-order valence-corrected chi connectivity index (χ1v) is 7.05. The quantitative estimate of drug-likeness (QED) is 0.894. The van der Waals surface area contributed by atoms with Crippen molar-refractivity contribution < 1.29 is 14.0 Å². The predicted octanol–water partition coefficient (Wildman–Crippen LogP) is 2.20. The number of rotatable bonds is 4. The molecular formula is C15H20FN3O2. The van der Waals surface area contributed by atoms with Gasteiger partial charge in [0.2, 0.25) is 5.91 Å². The normalized spacial score (nSPS) is 18.2. The average molecular weight is 293 g/mol. The van der Waals surface area contributed by atoms with Crippen LogP contribution in [0.25, 0.3) is 0 Å². The Morgan fingerprint density at radius 3 is 2.81 bits per heavy atom. The Bertz CT molecular complexity index is 533. The van der Waals surface area contributed by atoms with Gasteiger partial charge in [-0.15, -0.1) is 0 Å². The van der Waals surface area contributed by atoms with Crippen molar-refractivity contribution in [2.24, 2.45) is 5.92 Å². The summed E-state index contributed by atoms with van der Waals surface area (Å²) in [7, 11) is 0. The molecule has 0 aromatic heterocycles. The van der Waals surface area contributed by atoms with Crippen molar-refractivity contribution in [2.45, 2.75) is 26.3 Å². The van der Waals surface area contributed by atoms with Crippen molar-refractivity contribution >= 4 is 17.6 Å². The van der Waals surface area contributed by atoms with Crippen LogP contribution in [0.5, 0.6) is 0 Å². The number of urea groups is 1. The number of hydrogen-bond donors (Lipinski definition) is 2. The number of amides is 3. The number of carbonyl (C=O) groups is 2. The van der Waals surface area contributed by atoms with E-state index in [0.29, 0.717) is 19.0 Å². The molecule has 21 heavy (non-hydrogen) atoms. The van der Waals surface area contributed by atoms with Gasteiger partial charge in [-0.3, -0.25) is 4.79 Å². The fourth-order valence-electron chi connectivity index (χ4n) is 2.39.